The van der Waals surface area contributed by atoms with Crippen molar-refractivity contribution in [1.29, 1.82) is 0 Å². The van der Waals surface area contributed by atoms with Crippen molar-refractivity contribution in [1.82, 2.24) is 0 Å². The summed E-state index contributed by atoms with van der Waals surface area (Å²) in [6.45, 7) is 5.92. The van der Waals surface area contributed by atoms with Crippen LogP contribution in [0, 0.1) is 11.8 Å². The first-order chi connectivity index (χ1) is 19.4. The molecule has 0 aliphatic heterocycles. The van der Waals surface area contributed by atoms with Crippen molar-refractivity contribution in [3.8, 4) is 0 Å². The highest BCUT2D eigenvalue weighted by Gasteiger charge is 2.34. The van der Waals surface area contributed by atoms with Crippen LogP contribution >= 0.6 is 0 Å². The molecule has 0 bridgehead atoms. The lowest BCUT2D eigenvalue weighted by Gasteiger charge is -2.30. The molecule has 2 aliphatic rings. The summed E-state index contributed by atoms with van der Waals surface area (Å²) >= 11 is 0. The molecule has 0 saturated heterocycles. The van der Waals surface area contributed by atoms with Crippen LogP contribution in [0.2, 0.25) is 0 Å². The Labute approximate surface area is 239 Å². The summed E-state index contributed by atoms with van der Waals surface area (Å²) in [4.78, 5) is 16.8. The van der Waals surface area contributed by atoms with Gasteiger partial charge in [0.25, 0.3) is 11.8 Å². The normalized spacial score (nSPS) is 21.0. The van der Waals surface area contributed by atoms with Crippen LogP contribution in [0.25, 0.3) is 0 Å². The number of ketones is 1. The van der Waals surface area contributed by atoms with Crippen LogP contribution < -0.4 is 5.73 Å². The number of carbonyl (C=O) groups excluding carboxylic acids is 1. The first-order valence-electron chi connectivity index (χ1n) is 14.3. The molecule has 0 spiro atoms. The number of rotatable bonds is 10. The lowest BCUT2D eigenvalue weighted by Crippen LogP contribution is -2.23. The lowest BCUT2D eigenvalue weighted by molar-refractivity contribution is -0.123. The van der Waals surface area contributed by atoms with E-state index in [1.807, 2.05) is 24.3 Å². The van der Waals surface area contributed by atoms with Gasteiger partial charge in [-0.3, -0.25) is 4.79 Å². The Bertz CT molecular complexity index is 1370. The average Bonchev–Trinajstić information content (AvgIpc) is 2.96. The van der Waals surface area contributed by atoms with Crippen molar-refractivity contribution < 1.29 is 22.4 Å². The second kappa shape index (κ2) is 12.6. The Morgan fingerprint density at radius 2 is 1.88 bits per heavy atom. The number of Topliss-reactive ketones (excluding diaryl/α,β-unsaturated/α-hetero) is 1. The summed E-state index contributed by atoms with van der Waals surface area (Å²) in [5, 5.41) is 0. The van der Waals surface area contributed by atoms with Gasteiger partial charge in [0.1, 0.15) is 11.6 Å². The summed E-state index contributed by atoms with van der Waals surface area (Å²) in [7, 11) is 0. The SMILES string of the molecule is C=CCC(c1ccccc1C(N)=Nc1cc(C(C)(F)F)cc(C(F)(F)CC)c1)C1C=CC(C2CCCCC2=O)=CC1. The largest absolute Gasteiger partial charge is 0.383 e. The van der Waals surface area contributed by atoms with Gasteiger partial charge in [0, 0.05) is 42.4 Å². The third-order valence-corrected chi connectivity index (χ3v) is 8.23. The first kappa shape index (κ1) is 30.5. The molecule has 3 atom stereocenters. The second-order valence-electron chi connectivity index (χ2n) is 11.2. The molecule has 41 heavy (non-hydrogen) atoms. The smallest absolute Gasteiger partial charge is 0.273 e. The van der Waals surface area contributed by atoms with Gasteiger partial charge in [-0.05, 0) is 66.9 Å². The van der Waals surface area contributed by atoms with Gasteiger partial charge in [-0.15, -0.1) is 6.58 Å². The molecule has 3 unspecified atom stereocenters. The van der Waals surface area contributed by atoms with Gasteiger partial charge >= 0.3 is 0 Å². The Kier molecular flexibility index (Phi) is 9.35. The van der Waals surface area contributed by atoms with Crippen molar-refractivity contribution in [2.24, 2.45) is 22.6 Å². The standard InChI is InChI=1S/C34H38F4N2O/c1-4-10-27(22-15-17-23(18-16-22)28-11-8-9-14-31(28)41)29-12-6-7-13-30(29)32(39)40-26-20-24(33(3,35)36)19-25(21-26)34(37,38)5-2/h4,6-7,12-13,15,17-22,27-28H,1,5,8-11,14,16H2,2-3H3,(H2,39,40). The van der Waals surface area contributed by atoms with Crippen LogP contribution in [-0.2, 0) is 16.6 Å². The number of alkyl halides is 4. The molecule has 2 aliphatic carbocycles. The number of hydrogen-bond acceptors (Lipinski definition) is 2. The molecule has 0 aromatic heterocycles. The van der Waals surface area contributed by atoms with E-state index in [1.54, 1.807) is 6.07 Å². The maximum absolute atomic E-state index is 14.6. The van der Waals surface area contributed by atoms with Crippen molar-refractivity contribution in [2.75, 3.05) is 0 Å². The fourth-order valence-electron chi connectivity index (χ4n) is 5.86. The number of allylic oxidation sites excluding steroid dienone is 5. The van der Waals surface area contributed by atoms with Crippen LogP contribution in [0.5, 0.6) is 0 Å². The van der Waals surface area contributed by atoms with Gasteiger partial charge in [0.2, 0.25) is 0 Å². The number of amidine groups is 1. The van der Waals surface area contributed by atoms with Gasteiger partial charge in [-0.1, -0.05) is 61.9 Å². The first-order valence-corrected chi connectivity index (χ1v) is 14.3. The summed E-state index contributed by atoms with van der Waals surface area (Å²) in [6.07, 6.45) is 12.7. The van der Waals surface area contributed by atoms with Crippen LogP contribution in [0.3, 0.4) is 0 Å². The highest BCUT2D eigenvalue weighted by molar-refractivity contribution is 6.00. The minimum atomic E-state index is -3.33. The number of hydrogen-bond donors (Lipinski definition) is 1. The topological polar surface area (TPSA) is 55.4 Å². The molecule has 1 fully saturated rings. The van der Waals surface area contributed by atoms with Crippen LogP contribution in [0.4, 0.5) is 23.2 Å². The van der Waals surface area contributed by atoms with Crippen LogP contribution in [0.15, 0.2) is 83.9 Å². The van der Waals surface area contributed by atoms with Gasteiger partial charge in [0.15, 0.2) is 0 Å². The molecule has 3 nitrogen and oxygen atoms in total. The fourth-order valence-corrected chi connectivity index (χ4v) is 5.86. The van der Waals surface area contributed by atoms with E-state index in [-0.39, 0.29) is 29.3 Å². The van der Waals surface area contributed by atoms with Crippen molar-refractivity contribution >= 4 is 17.3 Å². The van der Waals surface area contributed by atoms with E-state index in [2.05, 4.69) is 29.8 Å². The molecule has 0 amide bonds. The minimum Gasteiger partial charge on any atom is -0.383 e. The number of benzene rings is 2. The Morgan fingerprint density at radius 1 is 1.15 bits per heavy atom. The number of nitrogens with zero attached hydrogens (tertiary/aromatic N) is 1. The Balaban J connectivity index is 1.68. The number of aliphatic imine (C=N–C) groups is 1. The quantitative estimate of drug-likeness (QED) is 0.135. The van der Waals surface area contributed by atoms with E-state index in [0.717, 1.165) is 55.0 Å². The molecule has 218 valence electrons. The summed E-state index contributed by atoms with van der Waals surface area (Å²) in [6, 6.07) is 10.5. The maximum Gasteiger partial charge on any atom is 0.273 e. The summed E-state index contributed by atoms with van der Waals surface area (Å²) in [5.74, 6) is -6.16. The highest BCUT2D eigenvalue weighted by Crippen LogP contribution is 2.40. The monoisotopic (exact) mass is 566 g/mol. The van der Waals surface area contributed by atoms with Gasteiger partial charge < -0.3 is 5.73 Å². The molecule has 2 N–H and O–H groups in total. The Morgan fingerprint density at radius 3 is 2.51 bits per heavy atom. The molecule has 0 heterocycles. The predicted molar refractivity (Wildman–Crippen MR) is 157 cm³/mol. The second-order valence-corrected chi connectivity index (χ2v) is 11.2. The molecule has 2 aromatic rings. The fraction of sp³-hybridized carbons (Fsp3) is 0.412. The van der Waals surface area contributed by atoms with Gasteiger partial charge in [-0.2, -0.15) is 0 Å². The molecule has 0 radical (unpaired) electrons. The number of halogens is 4. The lowest BCUT2D eigenvalue weighted by atomic mass is 9.74. The summed E-state index contributed by atoms with van der Waals surface area (Å²) in [5.41, 5.74) is 7.95. The van der Waals surface area contributed by atoms with Crippen LogP contribution in [-0.4, -0.2) is 11.6 Å². The van der Waals surface area contributed by atoms with Gasteiger partial charge in [0.05, 0.1) is 5.69 Å². The predicted octanol–water partition coefficient (Wildman–Crippen LogP) is 9.26. The highest BCUT2D eigenvalue weighted by atomic mass is 19.3. The van der Waals surface area contributed by atoms with Crippen LogP contribution in [0.1, 0.15) is 87.0 Å². The van der Waals surface area contributed by atoms with E-state index in [9.17, 15) is 22.4 Å². The zero-order chi connectivity index (χ0) is 29.8. The zero-order valence-corrected chi connectivity index (χ0v) is 23.7. The molecular formula is C34H38F4N2O. The third kappa shape index (κ3) is 7.06. The average molecular weight is 567 g/mol. The van der Waals surface area contributed by atoms with E-state index >= 15 is 0 Å². The van der Waals surface area contributed by atoms with Crippen molar-refractivity contribution in [3.05, 3.63) is 101 Å². The Hall–Kier alpha value is -3.48. The number of carbonyl (C=O) groups is 1. The maximum atomic E-state index is 14.6. The van der Waals surface area contributed by atoms with Crippen molar-refractivity contribution in [2.45, 2.75) is 76.6 Å². The summed E-state index contributed by atoms with van der Waals surface area (Å²) < 4.78 is 57.6. The molecule has 2 aromatic carbocycles. The van der Waals surface area contributed by atoms with Crippen molar-refractivity contribution in [3.63, 3.8) is 0 Å². The molecule has 1 saturated carbocycles. The van der Waals surface area contributed by atoms with E-state index in [1.165, 1.54) is 6.92 Å². The number of nitrogens with two attached hydrogens (primary N) is 1. The third-order valence-electron chi connectivity index (χ3n) is 8.23. The molecule has 7 heteroatoms. The minimum absolute atomic E-state index is 0.0140. The van der Waals surface area contributed by atoms with Gasteiger partial charge in [-0.25, -0.2) is 22.6 Å². The van der Waals surface area contributed by atoms with E-state index in [4.69, 9.17) is 5.73 Å². The zero-order valence-electron chi connectivity index (χ0n) is 23.7. The van der Waals surface area contributed by atoms with E-state index in [0.29, 0.717) is 31.1 Å². The molecule has 4 rings (SSSR count). The molecular weight excluding hydrogens is 528 g/mol. The van der Waals surface area contributed by atoms with E-state index < -0.39 is 29.4 Å².